The fourth-order valence-corrected chi connectivity index (χ4v) is 2.61. The summed E-state index contributed by atoms with van der Waals surface area (Å²) in [4.78, 5) is 14.4. The summed E-state index contributed by atoms with van der Waals surface area (Å²) in [5.41, 5.74) is 1.91. The highest BCUT2D eigenvalue weighted by atomic mass is 16.5. The summed E-state index contributed by atoms with van der Waals surface area (Å²) < 4.78 is 5.35. The third-order valence-electron chi connectivity index (χ3n) is 3.66. The average Bonchev–Trinajstić information content (AvgIpc) is 2.55. The molecule has 2 aromatic carbocycles. The van der Waals surface area contributed by atoms with Crippen LogP contribution in [0.2, 0.25) is 0 Å². The number of hydrogen-bond donors (Lipinski definition) is 4. The lowest BCUT2D eigenvalue weighted by atomic mass is 10.2. The molecule has 2 amide bonds. The SMILES string of the molecule is O=C(Nc1cc(O)cc(O)c1)Nc1ccccc1N1CCOCC1. The summed E-state index contributed by atoms with van der Waals surface area (Å²) in [5.74, 6) is -0.252. The highest BCUT2D eigenvalue weighted by Gasteiger charge is 2.15. The molecule has 2 aromatic rings. The van der Waals surface area contributed by atoms with E-state index in [0.29, 0.717) is 24.6 Å². The second kappa shape index (κ2) is 7.10. The lowest BCUT2D eigenvalue weighted by molar-refractivity contribution is 0.123. The normalized spacial score (nSPS) is 14.2. The van der Waals surface area contributed by atoms with Crippen LogP contribution in [0.5, 0.6) is 11.5 Å². The van der Waals surface area contributed by atoms with E-state index in [-0.39, 0.29) is 11.5 Å². The van der Waals surface area contributed by atoms with E-state index in [4.69, 9.17) is 4.74 Å². The van der Waals surface area contributed by atoms with Crippen LogP contribution < -0.4 is 15.5 Å². The van der Waals surface area contributed by atoms with E-state index >= 15 is 0 Å². The molecule has 0 radical (unpaired) electrons. The Balaban J connectivity index is 1.72. The van der Waals surface area contributed by atoms with Gasteiger partial charge in [-0.2, -0.15) is 0 Å². The van der Waals surface area contributed by atoms with E-state index in [9.17, 15) is 15.0 Å². The number of morpholine rings is 1. The van der Waals surface area contributed by atoms with Crippen molar-refractivity contribution >= 4 is 23.1 Å². The van der Waals surface area contributed by atoms with E-state index in [1.165, 1.54) is 18.2 Å². The van der Waals surface area contributed by atoms with Gasteiger partial charge in [-0.3, -0.25) is 0 Å². The quantitative estimate of drug-likeness (QED) is 0.694. The van der Waals surface area contributed by atoms with Gasteiger partial charge in [0.25, 0.3) is 0 Å². The fourth-order valence-electron chi connectivity index (χ4n) is 2.61. The monoisotopic (exact) mass is 329 g/mol. The third kappa shape index (κ3) is 3.88. The van der Waals surface area contributed by atoms with Crippen LogP contribution in [-0.4, -0.2) is 42.5 Å². The van der Waals surface area contributed by atoms with Crippen LogP contribution in [0.1, 0.15) is 0 Å². The zero-order valence-corrected chi connectivity index (χ0v) is 13.0. The van der Waals surface area contributed by atoms with Crippen LogP contribution in [0, 0.1) is 0 Å². The molecule has 24 heavy (non-hydrogen) atoms. The van der Waals surface area contributed by atoms with Crippen molar-refractivity contribution in [1.29, 1.82) is 0 Å². The molecule has 0 atom stereocenters. The van der Waals surface area contributed by atoms with Gasteiger partial charge < -0.3 is 30.5 Å². The molecule has 0 aromatic heterocycles. The van der Waals surface area contributed by atoms with Crippen LogP contribution >= 0.6 is 0 Å². The number of carbonyl (C=O) groups excluding carboxylic acids is 1. The van der Waals surface area contributed by atoms with E-state index < -0.39 is 6.03 Å². The van der Waals surface area contributed by atoms with Gasteiger partial charge in [-0.05, 0) is 12.1 Å². The van der Waals surface area contributed by atoms with Crippen molar-refractivity contribution in [2.24, 2.45) is 0 Å². The number of para-hydroxylation sites is 2. The lowest BCUT2D eigenvalue weighted by Gasteiger charge is -2.30. The van der Waals surface area contributed by atoms with Gasteiger partial charge >= 0.3 is 6.03 Å². The number of nitrogens with one attached hydrogen (secondary N) is 2. The Kier molecular flexibility index (Phi) is 4.72. The summed E-state index contributed by atoms with van der Waals surface area (Å²) in [6.45, 7) is 2.84. The van der Waals surface area contributed by atoms with Crippen molar-refractivity contribution in [3.63, 3.8) is 0 Å². The lowest BCUT2D eigenvalue weighted by Crippen LogP contribution is -2.36. The smallest absolute Gasteiger partial charge is 0.323 e. The van der Waals surface area contributed by atoms with Gasteiger partial charge in [0.05, 0.1) is 24.6 Å². The predicted octanol–water partition coefficient (Wildman–Crippen LogP) is 2.58. The molecular weight excluding hydrogens is 310 g/mol. The minimum atomic E-state index is -0.458. The number of nitrogens with zero attached hydrogens (tertiary/aromatic N) is 1. The molecule has 1 aliphatic heterocycles. The molecule has 0 saturated carbocycles. The maximum Gasteiger partial charge on any atom is 0.323 e. The summed E-state index contributed by atoms with van der Waals surface area (Å²) in [5, 5.41) is 24.3. The summed E-state index contributed by atoms with van der Waals surface area (Å²) in [7, 11) is 0. The van der Waals surface area contributed by atoms with Crippen molar-refractivity contribution in [1.82, 2.24) is 0 Å². The molecule has 3 rings (SSSR count). The zero-order chi connectivity index (χ0) is 16.9. The number of phenols is 2. The van der Waals surface area contributed by atoms with Gasteiger partial charge in [0.15, 0.2) is 0 Å². The van der Waals surface area contributed by atoms with E-state index in [1.807, 2.05) is 24.3 Å². The molecule has 7 heteroatoms. The summed E-state index contributed by atoms with van der Waals surface area (Å²) in [6.07, 6.45) is 0. The molecule has 1 aliphatic rings. The number of aromatic hydroxyl groups is 2. The molecule has 0 aliphatic carbocycles. The van der Waals surface area contributed by atoms with E-state index in [1.54, 1.807) is 0 Å². The first kappa shape index (κ1) is 15.9. The number of rotatable bonds is 3. The largest absolute Gasteiger partial charge is 0.508 e. The number of carbonyl (C=O) groups is 1. The van der Waals surface area contributed by atoms with Crippen molar-refractivity contribution in [3.05, 3.63) is 42.5 Å². The molecule has 1 saturated heterocycles. The molecule has 1 heterocycles. The molecule has 4 N–H and O–H groups in total. The first-order valence-electron chi connectivity index (χ1n) is 7.64. The maximum absolute atomic E-state index is 12.2. The van der Waals surface area contributed by atoms with Crippen LogP contribution in [0.25, 0.3) is 0 Å². The molecule has 1 fully saturated rings. The van der Waals surface area contributed by atoms with E-state index in [2.05, 4.69) is 15.5 Å². The van der Waals surface area contributed by atoms with E-state index in [0.717, 1.165) is 18.8 Å². The number of phenolic OH excluding ortho intramolecular Hbond substituents is 2. The number of ether oxygens (including phenoxy) is 1. The highest BCUT2D eigenvalue weighted by molar-refractivity contribution is 6.02. The number of anilines is 3. The Bertz CT molecular complexity index is 709. The van der Waals surface area contributed by atoms with Crippen LogP contribution in [0.15, 0.2) is 42.5 Å². The van der Waals surface area contributed by atoms with Gasteiger partial charge in [0.1, 0.15) is 11.5 Å². The highest BCUT2D eigenvalue weighted by Crippen LogP contribution is 2.27. The van der Waals surface area contributed by atoms with Gasteiger partial charge in [0.2, 0.25) is 0 Å². The summed E-state index contributed by atoms with van der Waals surface area (Å²) in [6, 6.07) is 11.0. The predicted molar refractivity (Wildman–Crippen MR) is 91.9 cm³/mol. The standard InChI is InChI=1S/C17H19N3O4/c21-13-9-12(10-14(22)11-13)18-17(23)19-15-3-1-2-4-16(15)20-5-7-24-8-6-20/h1-4,9-11,21-22H,5-8H2,(H2,18,19,23). The Morgan fingerprint density at radius 3 is 2.38 bits per heavy atom. The first-order valence-corrected chi connectivity index (χ1v) is 7.64. The number of amides is 2. The van der Waals surface area contributed by atoms with Crippen molar-refractivity contribution in [2.45, 2.75) is 0 Å². The topological polar surface area (TPSA) is 94.1 Å². The Morgan fingerprint density at radius 1 is 1.00 bits per heavy atom. The first-order chi connectivity index (χ1) is 11.6. The van der Waals surface area contributed by atoms with Gasteiger partial charge in [-0.1, -0.05) is 12.1 Å². The van der Waals surface area contributed by atoms with Crippen molar-refractivity contribution < 1.29 is 19.7 Å². The van der Waals surface area contributed by atoms with Gasteiger partial charge in [-0.25, -0.2) is 4.79 Å². The Morgan fingerprint density at radius 2 is 1.67 bits per heavy atom. The van der Waals surface area contributed by atoms with Crippen LogP contribution in [0.3, 0.4) is 0 Å². The maximum atomic E-state index is 12.2. The van der Waals surface area contributed by atoms with Crippen LogP contribution in [-0.2, 0) is 4.74 Å². The van der Waals surface area contributed by atoms with Crippen LogP contribution in [0.4, 0.5) is 21.9 Å². The third-order valence-corrected chi connectivity index (χ3v) is 3.66. The van der Waals surface area contributed by atoms with Gasteiger partial charge in [-0.15, -0.1) is 0 Å². The molecule has 0 bridgehead atoms. The number of hydrogen-bond acceptors (Lipinski definition) is 5. The van der Waals surface area contributed by atoms with Crippen molar-refractivity contribution in [2.75, 3.05) is 41.8 Å². The number of urea groups is 1. The van der Waals surface area contributed by atoms with Crippen molar-refractivity contribution in [3.8, 4) is 11.5 Å². The minimum Gasteiger partial charge on any atom is -0.508 e. The molecule has 0 spiro atoms. The second-order valence-electron chi connectivity index (χ2n) is 5.43. The number of benzene rings is 2. The zero-order valence-electron chi connectivity index (χ0n) is 13.0. The molecule has 0 unspecified atom stereocenters. The molecule has 126 valence electrons. The second-order valence-corrected chi connectivity index (χ2v) is 5.43. The Labute approximate surface area is 139 Å². The van der Waals surface area contributed by atoms with Gasteiger partial charge in [0, 0.05) is 37.0 Å². The average molecular weight is 329 g/mol. The molecular formula is C17H19N3O4. The molecule has 7 nitrogen and oxygen atoms in total. The Hall–Kier alpha value is -2.93. The fraction of sp³-hybridized carbons (Fsp3) is 0.235. The minimum absolute atomic E-state index is 0.126. The summed E-state index contributed by atoms with van der Waals surface area (Å²) >= 11 is 0.